The summed E-state index contributed by atoms with van der Waals surface area (Å²) >= 11 is 0. The summed E-state index contributed by atoms with van der Waals surface area (Å²) in [4.78, 5) is 14.1. The lowest BCUT2D eigenvalue weighted by Gasteiger charge is -2.25. The Balaban J connectivity index is 1.96. The van der Waals surface area contributed by atoms with Gasteiger partial charge in [0.05, 0.1) is 18.4 Å². The zero-order valence-corrected chi connectivity index (χ0v) is 10.7. The Labute approximate surface area is 107 Å². The summed E-state index contributed by atoms with van der Waals surface area (Å²) in [5.74, 6) is 0.00880. The summed E-state index contributed by atoms with van der Waals surface area (Å²) in [5.41, 5.74) is 0.601. The molecule has 1 aliphatic rings. The molecule has 1 atom stereocenters. The largest absolute Gasteiger partial charge is 0.383 e. The Hall–Kier alpha value is -1.40. The zero-order chi connectivity index (χ0) is 12.8. The Morgan fingerprint density at radius 3 is 3.17 bits per heavy atom. The fourth-order valence-corrected chi connectivity index (χ4v) is 2.21. The van der Waals surface area contributed by atoms with E-state index in [1.54, 1.807) is 19.5 Å². The van der Waals surface area contributed by atoms with Gasteiger partial charge < -0.3 is 15.0 Å². The molecule has 6 nitrogen and oxygen atoms in total. The number of carbonyl (C=O) groups excluding carboxylic acids is 1. The fourth-order valence-electron chi connectivity index (χ4n) is 2.21. The average Bonchev–Trinajstić information content (AvgIpc) is 3.06. The lowest BCUT2D eigenvalue weighted by atomic mass is 10.2. The second-order valence-corrected chi connectivity index (χ2v) is 4.52. The maximum Gasteiger partial charge on any atom is 0.257 e. The van der Waals surface area contributed by atoms with Crippen LogP contribution in [0.1, 0.15) is 23.2 Å². The van der Waals surface area contributed by atoms with Crippen molar-refractivity contribution in [3.05, 3.63) is 18.0 Å². The minimum atomic E-state index is 0.00880. The number of hydrogen-bond donors (Lipinski definition) is 2. The van der Waals surface area contributed by atoms with Gasteiger partial charge in [-0.15, -0.1) is 0 Å². The Morgan fingerprint density at radius 2 is 2.56 bits per heavy atom. The first-order chi connectivity index (χ1) is 8.81. The van der Waals surface area contributed by atoms with Crippen molar-refractivity contribution in [1.29, 1.82) is 0 Å². The molecule has 0 radical (unpaired) electrons. The Morgan fingerprint density at radius 1 is 1.67 bits per heavy atom. The molecule has 18 heavy (non-hydrogen) atoms. The molecule has 6 heteroatoms. The zero-order valence-electron chi connectivity index (χ0n) is 10.7. The van der Waals surface area contributed by atoms with E-state index in [-0.39, 0.29) is 5.91 Å². The number of H-pyrrole nitrogens is 1. The molecular formula is C12H20N4O2. The van der Waals surface area contributed by atoms with Crippen molar-refractivity contribution >= 4 is 5.91 Å². The highest BCUT2D eigenvalue weighted by atomic mass is 16.5. The molecule has 0 aromatic carbocycles. The normalized spacial score (nSPS) is 19.1. The number of nitrogens with zero attached hydrogens (tertiary/aromatic N) is 2. The molecule has 0 bridgehead atoms. The molecule has 0 aliphatic carbocycles. The van der Waals surface area contributed by atoms with Gasteiger partial charge in [-0.2, -0.15) is 5.10 Å². The summed E-state index contributed by atoms with van der Waals surface area (Å²) < 4.78 is 5.07. The van der Waals surface area contributed by atoms with Crippen LogP contribution in [0, 0.1) is 0 Å². The van der Waals surface area contributed by atoms with Crippen LogP contribution in [-0.4, -0.2) is 60.4 Å². The highest BCUT2D eigenvalue weighted by Gasteiger charge is 2.22. The molecule has 1 amide bonds. The highest BCUT2D eigenvalue weighted by molar-refractivity contribution is 5.93. The SMILES string of the molecule is COCCN(CC1CCCN1)C(=O)c1cn[nH]c1. The lowest BCUT2D eigenvalue weighted by Crippen LogP contribution is -2.42. The molecule has 1 aromatic rings. The van der Waals surface area contributed by atoms with E-state index in [1.165, 1.54) is 6.42 Å². The average molecular weight is 252 g/mol. The van der Waals surface area contributed by atoms with Crippen LogP contribution in [0.3, 0.4) is 0 Å². The number of methoxy groups -OCH3 is 1. The number of ether oxygens (including phenoxy) is 1. The van der Waals surface area contributed by atoms with Crippen molar-refractivity contribution in [3.8, 4) is 0 Å². The summed E-state index contributed by atoms with van der Waals surface area (Å²) in [7, 11) is 1.65. The van der Waals surface area contributed by atoms with E-state index in [1.807, 2.05) is 4.90 Å². The number of carbonyl (C=O) groups is 1. The fraction of sp³-hybridized carbons (Fsp3) is 0.667. The van der Waals surface area contributed by atoms with Crippen LogP contribution < -0.4 is 5.32 Å². The van der Waals surface area contributed by atoms with E-state index < -0.39 is 0 Å². The first kappa shape index (κ1) is 13.0. The third kappa shape index (κ3) is 3.30. The van der Waals surface area contributed by atoms with Crippen LogP contribution in [0.2, 0.25) is 0 Å². The van der Waals surface area contributed by atoms with Crippen LogP contribution in [0.25, 0.3) is 0 Å². The molecule has 1 aromatic heterocycles. The molecule has 2 N–H and O–H groups in total. The van der Waals surface area contributed by atoms with Crippen LogP contribution in [0.15, 0.2) is 12.4 Å². The predicted octanol–water partition coefficient (Wildman–Crippen LogP) is 0.250. The summed E-state index contributed by atoms with van der Waals surface area (Å²) in [6.45, 7) is 2.94. The van der Waals surface area contributed by atoms with Crippen molar-refractivity contribution < 1.29 is 9.53 Å². The highest BCUT2D eigenvalue weighted by Crippen LogP contribution is 2.09. The van der Waals surface area contributed by atoms with Gasteiger partial charge in [-0.25, -0.2) is 0 Å². The molecule has 0 saturated carbocycles. The summed E-state index contributed by atoms with van der Waals surface area (Å²) in [6.07, 6.45) is 5.50. The minimum Gasteiger partial charge on any atom is -0.383 e. The topological polar surface area (TPSA) is 70.2 Å². The van der Waals surface area contributed by atoms with E-state index in [0.29, 0.717) is 24.8 Å². The minimum absolute atomic E-state index is 0.00880. The predicted molar refractivity (Wildman–Crippen MR) is 67.4 cm³/mol. The quantitative estimate of drug-likeness (QED) is 0.761. The first-order valence-corrected chi connectivity index (χ1v) is 6.31. The van der Waals surface area contributed by atoms with Crippen LogP contribution >= 0.6 is 0 Å². The van der Waals surface area contributed by atoms with Gasteiger partial charge in [-0.3, -0.25) is 9.89 Å². The summed E-state index contributed by atoms with van der Waals surface area (Å²) in [5, 5.41) is 9.89. The monoisotopic (exact) mass is 252 g/mol. The first-order valence-electron chi connectivity index (χ1n) is 6.31. The molecule has 2 heterocycles. The van der Waals surface area contributed by atoms with E-state index in [4.69, 9.17) is 4.74 Å². The number of hydrogen-bond acceptors (Lipinski definition) is 4. The van der Waals surface area contributed by atoms with Gasteiger partial charge >= 0.3 is 0 Å². The molecule has 100 valence electrons. The Kier molecular flexibility index (Phi) is 4.72. The van der Waals surface area contributed by atoms with Gasteiger partial charge in [0.2, 0.25) is 0 Å². The van der Waals surface area contributed by atoms with E-state index in [0.717, 1.165) is 19.5 Å². The number of amides is 1. The molecule has 0 spiro atoms. The second kappa shape index (κ2) is 6.51. The molecule has 1 aliphatic heterocycles. The number of aromatic nitrogens is 2. The van der Waals surface area contributed by atoms with Crippen LogP contribution in [0.4, 0.5) is 0 Å². The van der Waals surface area contributed by atoms with Crippen molar-refractivity contribution in [2.75, 3.05) is 33.4 Å². The number of nitrogens with one attached hydrogen (secondary N) is 2. The summed E-state index contributed by atoms with van der Waals surface area (Å²) in [6, 6.07) is 0.401. The number of rotatable bonds is 6. The third-order valence-electron chi connectivity index (χ3n) is 3.20. The smallest absolute Gasteiger partial charge is 0.257 e. The van der Waals surface area contributed by atoms with Gasteiger partial charge in [0, 0.05) is 32.4 Å². The van der Waals surface area contributed by atoms with Gasteiger partial charge in [-0.1, -0.05) is 0 Å². The van der Waals surface area contributed by atoms with E-state index >= 15 is 0 Å². The maximum absolute atomic E-state index is 12.3. The Bertz CT molecular complexity index is 360. The van der Waals surface area contributed by atoms with Gasteiger partial charge in [0.15, 0.2) is 0 Å². The van der Waals surface area contributed by atoms with E-state index in [2.05, 4.69) is 15.5 Å². The van der Waals surface area contributed by atoms with Gasteiger partial charge in [0.1, 0.15) is 0 Å². The molecular weight excluding hydrogens is 232 g/mol. The van der Waals surface area contributed by atoms with Gasteiger partial charge in [-0.05, 0) is 19.4 Å². The van der Waals surface area contributed by atoms with Crippen molar-refractivity contribution in [2.24, 2.45) is 0 Å². The molecule has 1 saturated heterocycles. The van der Waals surface area contributed by atoms with Crippen LogP contribution in [0.5, 0.6) is 0 Å². The van der Waals surface area contributed by atoms with Crippen molar-refractivity contribution in [3.63, 3.8) is 0 Å². The lowest BCUT2D eigenvalue weighted by molar-refractivity contribution is 0.0679. The van der Waals surface area contributed by atoms with Gasteiger partial charge in [0.25, 0.3) is 5.91 Å². The third-order valence-corrected chi connectivity index (χ3v) is 3.20. The number of aromatic amines is 1. The van der Waals surface area contributed by atoms with Crippen molar-refractivity contribution in [1.82, 2.24) is 20.4 Å². The standard InChI is InChI=1S/C12H20N4O2/c1-18-6-5-16(9-11-3-2-4-13-11)12(17)10-7-14-15-8-10/h7-8,11,13H,2-6,9H2,1H3,(H,14,15). The van der Waals surface area contributed by atoms with Crippen LogP contribution in [-0.2, 0) is 4.74 Å². The molecule has 1 fully saturated rings. The second-order valence-electron chi connectivity index (χ2n) is 4.52. The van der Waals surface area contributed by atoms with E-state index in [9.17, 15) is 4.79 Å². The maximum atomic E-state index is 12.3. The van der Waals surface area contributed by atoms with Crippen molar-refractivity contribution in [2.45, 2.75) is 18.9 Å². The molecule has 2 rings (SSSR count). The molecule has 1 unspecified atom stereocenters.